The predicted octanol–water partition coefficient (Wildman–Crippen LogP) is 2.78. The van der Waals surface area contributed by atoms with E-state index < -0.39 is 0 Å². The van der Waals surface area contributed by atoms with Crippen molar-refractivity contribution in [3.8, 4) is 5.69 Å². The maximum absolute atomic E-state index is 12.7. The lowest BCUT2D eigenvalue weighted by molar-refractivity contribution is -0.112. The van der Waals surface area contributed by atoms with E-state index in [0.717, 1.165) is 29.8 Å². The lowest BCUT2D eigenvalue weighted by atomic mass is 10.2. The van der Waals surface area contributed by atoms with Crippen molar-refractivity contribution < 1.29 is 4.79 Å². The molecule has 0 atom stereocenters. The summed E-state index contributed by atoms with van der Waals surface area (Å²) in [6, 6.07) is 9.39. The number of allylic oxidation sites excluding steroid dienone is 1. The number of nitrogens with one attached hydrogen (secondary N) is 1. The number of carbonyl (C=O) groups is 1. The molecule has 1 aromatic carbocycles. The summed E-state index contributed by atoms with van der Waals surface area (Å²) in [6.07, 6.45) is 3.91. The molecule has 0 saturated heterocycles. The lowest BCUT2D eigenvalue weighted by Crippen LogP contribution is -2.22. The molecule has 0 radical (unpaired) electrons. The fourth-order valence-corrected chi connectivity index (χ4v) is 2.73. The summed E-state index contributed by atoms with van der Waals surface area (Å²) in [6.45, 7) is 3.80. The summed E-state index contributed by atoms with van der Waals surface area (Å²) < 4.78 is 3.31. The van der Waals surface area contributed by atoms with E-state index in [1.165, 1.54) is 0 Å². The van der Waals surface area contributed by atoms with Gasteiger partial charge in [0.25, 0.3) is 5.56 Å². The molecule has 23 heavy (non-hydrogen) atoms. The third-order valence-electron chi connectivity index (χ3n) is 4.38. The Balaban J connectivity index is 1.93. The van der Waals surface area contributed by atoms with Crippen molar-refractivity contribution in [2.24, 2.45) is 13.0 Å². The maximum Gasteiger partial charge on any atom is 0.295 e. The third kappa shape index (κ3) is 2.99. The topological polar surface area (TPSA) is 56.0 Å². The second kappa shape index (κ2) is 5.91. The number of rotatable bonds is 4. The van der Waals surface area contributed by atoms with E-state index in [-0.39, 0.29) is 11.5 Å². The Morgan fingerprint density at radius 1 is 1.26 bits per heavy atom. The summed E-state index contributed by atoms with van der Waals surface area (Å²) in [5.41, 5.74) is 2.70. The van der Waals surface area contributed by atoms with Gasteiger partial charge < -0.3 is 5.32 Å². The Hall–Kier alpha value is -2.56. The van der Waals surface area contributed by atoms with Crippen molar-refractivity contribution >= 4 is 11.6 Å². The maximum atomic E-state index is 12.7. The zero-order chi connectivity index (χ0) is 16.6. The van der Waals surface area contributed by atoms with Crippen molar-refractivity contribution in [2.45, 2.75) is 26.7 Å². The highest BCUT2D eigenvalue weighted by Crippen LogP contribution is 2.35. The van der Waals surface area contributed by atoms with Gasteiger partial charge in [-0.15, -0.1) is 0 Å². The van der Waals surface area contributed by atoms with Gasteiger partial charge in [-0.2, -0.15) is 0 Å². The average molecular weight is 311 g/mol. The van der Waals surface area contributed by atoms with Crippen LogP contribution in [0.1, 0.15) is 25.5 Å². The molecular weight excluding hydrogens is 290 g/mol. The summed E-state index contributed by atoms with van der Waals surface area (Å²) in [5, 5.41) is 2.75. The Kier molecular flexibility index (Phi) is 3.94. The minimum Gasteiger partial charge on any atom is -0.316 e. The minimum atomic E-state index is -0.236. The Bertz CT molecular complexity index is 824. The number of carbonyl (C=O) groups excluding carboxylic acids is 1. The van der Waals surface area contributed by atoms with Crippen LogP contribution in [0.15, 0.2) is 46.8 Å². The highest BCUT2D eigenvalue weighted by molar-refractivity contribution is 6.00. The number of anilines is 1. The van der Waals surface area contributed by atoms with E-state index in [1.54, 1.807) is 15.4 Å². The van der Waals surface area contributed by atoms with E-state index >= 15 is 0 Å². The Morgan fingerprint density at radius 2 is 1.91 bits per heavy atom. The molecule has 120 valence electrons. The minimum absolute atomic E-state index is 0.220. The number of benzene rings is 1. The van der Waals surface area contributed by atoms with Crippen molar-refractivity contribution in [3.63, 3.8) is 0 Å². The predicted molar refractivity (Wildman–Crippen MR) is 90.9 cm³/mol. The Labute approximate surface area is 135 Å². The van der Waals surface area contributed by atoms with E-state index in [4.69, 9.17) is 0 Å². The van der Waals surface area contributed by atoms with Gasteiger partial charge in [-0.3, -0.25) is 14.3 Å². The van der Waals surface area contributed by atoms with Gasteiger partial charge in [0.2, 0.25) is 5.91 Å². The molecule has 0 spiro atoms. The number of amides is 1. The van der Waals surface area contributed by atoms with Crippen LogP contribution in [0.2, 0.25) is 0 Å². The molecule has 0 bridgehead atoms. The van der Waals surface area contributed by atoms with Crippen LogP contribution in [0.5, 0.6) is 0 Å². The second-order valence-corrected chi connectivity index (χ2v) is 6.09. The molecular formula is C18H21N3O2. The molecule has 1 amide bonds. The molecule has 1 aromatic heterocycles. The fourth-order valence-electron chi connectivity index (χ4n) is 2.73. The van der Waals surface area contributed by atoms with Crippen molar-refractivity contribution in [3.05, 3.63) is 58.0 Å². The summed E-state index contributed by atoms with van der Waals surface area (Å²) in [7, 11) is 1.81. The molecule has 5 nitrogen and oxygen atoms in total. The number of para-hydroxylation sites is 1. The van der Waals surface area contributed by atoms with E-state index in [2.05, 4.69) is 5.32 Å². The molecule has 1 aliphatic rings. The molecule has 1 saturated carbocycles. The summed E-state index contributed by atoms with van der Waals surface area (Å²) >= 11 is 0. The van der Waals surface area contributed by atoms with Gasteiger partial charge in [0, 0.05) is 13.1 Å². The first-order chi connectivity index (χ1) is 11.0. The number of hydrogen-bond donors (Lipinski definition) is 1. The normalized spacial score (nSPS) is 14.8. The molecule has 3 rings (SSSR count). The highest BCUT2D eigenvalue weighted by Gasteiger charge is 2.24. The molecule has 1 fully saturated rings. The van der Waals surface area contributed by atoms with Gasteiger partial charge in [-0.1, -0.05) is 23.8 Å². The number of hydrogen-bond acceptors (Lipinski definition) is 2. The first-order valence-electron chi connectivity index (χ1n) is 7.82. The first kappa shape index (κ1) is 15.3. The molecule has 0 aliphatic heterocycles. The molecule has 1 heterocycles. The van der Waals surface area contributed by atoms with E-state index in [9.17, 15) is 9.59 Å². The summed E-state index contributed by atoms with van der Waals surface area (Å²) in [4.78, 5) is 24.9. The zero-order valence-electron chi connectivity index (χ0n) is 13.7. The quantitative estimate of drug-likeness (QED) is 0.883. The van der Waals surface area contributed by atoms with Crippen LogP contribution in [-0.4, -0.2) is 15.3 Å². The van der Waals surface area contributed by atoms with Crippen LogP contribution in [0.25, 0.3) is 5.69 Å². The molecule has 2 aromatic rings. The van der Waals surface area contributed by atoms with Crippen LogP contribution in [0.3, 0.4) is 0 Å². The monoisotopic (exact) mass is 311 g/mol. The molecule has 0 unspecified atom stereocenters. The van der Waals surface area contributed by atoms with Gasteiger partial charge >= 0.3 is 0 Å². The average Bonchev–Trinajstić information content (AvgIpc) is 3.35. The van der Waals surface area contributed by atoms with E-state index in [1.807, 2.05) is 51.2 Å². The molecule has 5 heteroatoms. The standard InChI is InChI=1S/C18H21N3O2/c1-12(14-9-10-14)11-16(22)19-17-13(2)20(3)21(18(17)23)15-7-5-4-6-8-15/h4-8,11,14H,9-10H2,1-3H3,(H,19,22)/b12-11+. The van der Waals surface area contributed by atoms with Gasteiger partial charge in [0.05, 0.1) is 11.4 Å². The van der Waals surface area contributed by atoms with Crippen molar-refractivity contribution in [1.29, 1.82) is 0 Å². The highest BCUT2D eigenvalue weighted by atomic mass is 16.2. The van der Waals surface area contributed by atoms with E-state index in [0.29, 0.717) is 11.6 Å². The van der Waals surface area contributed by atoms with Crippen molar-refractivity contribution in [1.82, 2.24) is 9.36 Å². The van der Waals surface area contributed by atoms with Gasteiger partial charge in [0.15, 0.2) is 0 Å². The number of aromatic nitrogens is 2. The second-order valence-electron chi connectivity index (χ2n) is 6.09. The van der Waals surface area contributed by atoms with Gasteiger partial charge in [-0.25, -0.2) is 4.68 Å². The van der Waals surface area contributed by atoms with Crippen LogP contribution in [0, 0.1) is 12.8 Å². The molecule has 1 aliphatic carbocycles. The zero-order valence-corrected chi connectivity index (χ0v) is 13.7. The molecule has 1 N–H and O–H groups in total. The van der Waals surface area contributed by atoms with Crippen LogP contribution in [0.4, 0.5) is 5.69 Å². The largest absolute Gasteiger partial charge is 0.316 e. The first-order valence-corrected chi connectivity index (χ1v) is 7.82. The Morgan fingerprint density at radius 3 is 2.52 bits per heavy atom. The fraction of sp³-hybridized carbons (Fsp3) is 0.333. The smallest absolute Gasteiger partial charge is 0.295 e. The van der Waals surface area contributed by atoms with Gasteiger partial charge in [-0.05, 0) is 44.7 Å². The SMILES string of the molecule is C/C(=C\C(=O)Nc1c(C)n(C)n(-c2ccccc2)c1=O)C1CC1. The van der Waals surface area contributed by atoms with Crippen LogP contribution < -0.4 is 10.9 Å². The van der Waals surface area contributed by atoms with Gasteiger partial charge in [0.1, 0.15) is 5.69 Å². The van der Waals surface area contributed by atoms with Crippen LogP contribution >= 0.6 is 0 Å². The summed E-state index contributed by atoms with van der Waals surface area (Å²) in [5.74, 6) is 0.305. The van der Waals surface area contributed by atoms with Crippen LogP contribution in [-0.2, 0) is 11.8 Å². The third-order valence-corrected chi connectivity index (χ3v) is 4.38. The lowest BCUT2D eigenvalue weighted by Gasteiger charge is -2.07. The van der Waals surface area contributed by atoms with Crippen molar-refractivity contribution in [2.75, 3.05) is 5.32 Å². The number of nitrogens with zero attached hydrogens (tertiary/aromatic N) is 2.